The second-order valence-electron chi connectivity index (χ2n) is 7.49. The summed E-state index contributed by atoms with van der Waals surface area (Å²) in [5, 5.41) is 0. The van der Waals surface area contributed by atoms with E-state index in [4.69, 9.17) is 4.74 Å². The molecule has 158 valence electrons. The van der Waals surface area contributed by atoms with Crippen molar-refractivity contribution >= 4 is 37.5 Å². The first-order valence-corrected chi connectivity index (χ1v) is 12.3. The summed E-state index contributed by atoms with van der Waals surface area (Å²) < 4.78 is 35.5. The molecule has 1 aliphatic carbocycles. The maximum absolute atomic E-state index is 12.7. The lowest BCUT2D eigenvalue weighted by Gasteiger charge is -2.26. The highest BCUT2D eigenvalue weighted by Crippen LogP contribution is 2.24. The summed E-state index contributed by atoms with van der Waals surface area (Å²) in [6, 6.07) is 4.74. The number of benzene rings is 1. The number of fused-ring (bicyclic) bond motifs is 1. The molecule has 2 aromatic rings. The van der Waals surface area contributed by atoms with E-state index in [2.05, 4.69) is 4.72 Å². The van der Waals surface area contributed by atoms with E-state index < -0.39 is 10.0 Å². The van der Waals surface area contributed by atoms with Crippen LogP contribution in [0.2, 0.25) is 0 Å². The predicted octanol–water partition coefficient (Wildman–Crippen LogP) is 1.53. The second-order valence-corrected chi connectivity index (χ2v) is 10.2. The normalized spacial score (nSPS) is 18.6. The van der Waals surface area contributed by atoms with Crippen molar-refractivity contribution in [2.24, 2.45) is 0 Å². The van der Waals surface area contributed by atoms with Gasteiger partial charge >= 0.3 is 4.87 Å². The average molecular weight is 440 g/mol. The van der Waals surface area contributed by atoms with Gasteiger partial charge in [0, 0.05) is 32.1 Å². The van der Waals surface area contributed by atoms with E-state index in [-0.39, 0.29) is 34.7 Å². The van der Waals surface area contributed by atoms with Crippen LogP contribution in [0.15, 0.2) is 27.9 Å². The highest BCUT2D eigenvalue weighted by molar-refractivity contribution is 7.89. The number of nitrogens with zero attached hydrogens (tertiary/aromatic N) is 2. The van der Waals surface area contributed by atoms with E-state index in [9.17, 15) is 18.0 Å². The largest absolute Gasteiger partial charge is 0.378 e. The number of hydrogen-bond donors (Lipinski definition) is 1. The van der Waals surface area contributed by atoms with Crippen molar-refractivity contribution in [3.05, 3.63) is 27.9 Å². The number of sulfonamides is 1. The van der Waals surface area contributed by atoms with Crippen molar-refractivity contribution in [2.75, 3.05) is 26.3 Å². The van der Waals surface area contributed by atoms with Crippen LogP contribution in [0.3, 0.4) is 0 Å². The summed E-state index contributed by atoms with van der Waals surface area (Å²) in [5.41, 5.74) is 0.662. The number of morpholine rings is 1. The fourth-order valence-electron chi connectivity index (χ4n) is 3.94. The van der Waals surface area contributed by atoms with Crippen LogP contribution >= 0.6 is 11.3 Å². The van der Waals surface area contributed by atoms with Gasteiger partial charge in [0.05, 0.1) is 28.3 Å². The van der Waals surface area contributed by atoms with E-state index in [0.717, 1.165) is 37.0 Å². The molecule has 1 aliphatic heterocycles. The highest BCUT2D eigenvalue weighted by Gasteiger charge is 2.24. The van der Waals surface area contributed by atoms with Gasteiger partial charge in [-0.05, 0) is 31.0 Å². The summed E-state index contributed by atoms with van der Waals surface area (Å²) >= 11 is 1.01. The Morgan fingerprint density at radius 3 is 2.66 bits per heavy atom. The molecule has 2 heterocycles. The molecule has 0 atom stereocenters. The van der Waals surface area contributed by atoms with Crippen molar-refractivity contribution in [3.63, 3.8) is 0 Å². The second kappa shape index (κ2) is 8.55. The lowest BCUT2D eigenvalue weighted by Crippen LogP contribution is -2.41. The zero-order valence-corrected chi connectivity index (χ0v) is 17.8. The number of hydrogen-bond acceptors (Lipinski definition) is 6. The van der Waals surface area contributed by atoms with E-state index in [0.29, 0.717) is 36.5 Å². The molecule has 0 unspecified atom stereocenters. The van der Waals surface area contributed by atoms with Crippen LogP contribution in [-0.4, -0.2) is 56.1 Å². The number of carbonyl (C=O) groups is 1. The third-order valence-electron chi connectivity index (χ3n) is 5.54. The Morgan fingerprint density at radius 2 is 1.93 bits per heavy atom. The molecule has 1 amide bonds. The van der Waals surface area contributed by atoms with Crippen molar-refractivity contribution < 1.29 is 17.9 Å². The fourth-order valence-corrected chi connectivity index (χ4v) is 6.30. The molecular weight excluding hydrogens is 414 g/mol. The van der Waals surface area contributed by atoms with Gasteiger partial charge in [0.15, 0.2) is 0 Å². The summed E-state index contributed by atoms with van der Waals surface area (Å²) in [7, 11) is -3.61. The standard InChI is InChI=1S/C19H25N3O5S2/c23-18(21-9-11-27-12-10-21)7-8-22-16-6-5-15(13-17(16)28-19(22)24)29(25,26)20-14-3-1-2-4-14/h5-6,13-14,20H,1-4,7-12H2. The maximum atomic E-state index is 12.7. The van der Waals surface area contributed by atoms with Gasteiger partial charge in [0.2, 0.25) is 15.9 Å². The highest BCUT2D eigenvalue weighted by atomic mass is 32.2. The van der Waals surface area contributed by atoms with Gasteiger partial charge in [-0.15, -0.1) is 0 Å². The molecule has 2 aliphatic rings. The molecule has 29 heavy (non-hydrogen) atoms. The molecule has 1 aromatic carbocycles. The molecule has 0 spiro atoms. The van der Waals surface area contributed by atoms with Gasteiger partial charge in [0.25, 0.3) is 0 Å². The SMILES string of the molecule is O=C(CCn1c(=O)sc2cc(S(=O)(=O)NC3CCCC3)ccc21)N1CCOCC1. The number of ether oxygens (including phenoxy) is 1. The van der Waals surface area contributed by atoms with Crippen molar-refractivity contribution in [3.8, 4) is 0 Å². The van der Waals surface area contributed by atoms with Crippen LogP contribution in [0, 0.1) is 0 Å². The molecule has 1 aromatic heterocycles. The molecule has 1 N–H and O–H groups in total. The molecule has 4 rings (SSSR count). The van der Waals surface area contributed by atoms with Gasteiger partial charge in [0.1, 0.15) is 0 Å². The van der Waals surface area contributed by atoms with Crippen molar-refractivity contribution in [2.45, 2.75) is 49.6 Å². The molecule has 8 nitrogen and oxygen atoms in total. The Labute approximate surface area is 173 Å². The number of aromatic nitrogens is 1. The van der Waals surface area contributed by atoms with Crippen molar-refractivity contribution in [1.82, 2.24) is 14.2 Å². The number of thiazole rings is 1. The van der Waals surface area contributed by atoms with E-state index >= 15 is 0 Å². The molecule has 2 fully saturated rings. The summed E-state index contributed by atoms with van der Waals surface area (Å²) in [4.78, 5) is 26.5. The minimum absolute atomic E-state index is 0.000452. The third-order valence-corrected chi connectivity index (χ3v) is 8.00. The lowest BCUT2D eigenvalue weighted by molar-refractivity contribution is -0.135. The lowest BCUT2D eigenvalue weighted by atomic mass is 10.3. The average Bonchev–Trinajstić information content (AvgIpc) is 3.32. The number of aryl methyl sites for hydroxylation is 1. The van der Waals surface area contributed by atoms with Crippen LogP contribution in [0.5, 0.6) is 0 Å². The van der Waals surface area contributed by atoms with Gasteiger partial charge in [-0.3, -0.25) is 14.2 Å². The van der Waals surface area contributed by atoms with Gasteiger partial charge in [-0.25, -0.2) is 13.1 Å². The first kappa shape index (κ1) is 20.5. The zero-order chi connectivity index (χ0) is 20.4. The first-order valence-electron chi connectivity index (χ1n) is 9.95. The maximum Gasteiger partial charge on any atom is 0.308 e. The topological polar surface area (TPSA) is 97.7 Å². The van der Waals surface area contributed by atoms with E-state index in [1.54, 1.807) is 21.6 Å². The zero-order valence-electron chi connectivity index (χ0n) is 16.1. The van der Waals surface area contributed by atoms with Crippen LogP contribution in [-0.2, 0) is 26.1 Å². The Balaban J connectivity index is 1.50. The fraction of sp³-hybridized carbons (Fsp3) is 0.579. The van der Waals surface area contributed by atoms with E-state index in [1.807, 2.05) is 0 Å². The molecule has 0 radical (unpaired) electrons. The van der Waals surface area contributed by atoms with Gasteiger partial charge in [-0.1, -0.05) is 24.2 Å². The minimum Gasteiger partial charge on any atom is -0.378 e. The van der Waals surface area contributed by atoms with Gasteiger partial charge < -0.3 is 9.64 Å². The minimum atomic E-state index is -3.61. The Bertz CT molecular complexity index is 1050. The predicted molar refractivity (Wildman–Crippen MR) is 111 cm³/mol. The first-order chi connectivity index (χ1) is 13.9. The monoisotopic (exact) mass is 439 g/mol. The quantitative estimate of drug-likeness (QED) is 0.736. The molecule has 1 saturated carbocycles. The molecular formula is C19H25N3O5S2. The summed E-state index contributed by atoms with van der Waals surface area (Å²) in [5.74, 6) is -0.000452. The molecule has 1 saturated heterocycles. The Hall–Kier alpha value is -1.75. The summed E-state index contributed by atoms with van der Waals surface area (Å²) in [6.07, 6.45) is 4.04. The molecule has 0 bridgehead atoms. The number of carbonyl (C=O) groups excluding carboxylic acids is 1. The smallest absolute Gasteiger partial charge is 0.308 e. The summed E-state index contributed by atoms with van der Waals surface area (Å²) in [6.45, 7) is 2.51. The van der Waals surface area contributed by atoms with Crippen LogP contribution in [0.1, 0.15) is 32.1 Å². The Kier molecular flexibility index (Phi) is 6.05. The van der Waals surface area contributed by atoms with Crippen molar-refractivity contribution in [1.29, 1.82) is 0 Å². The number of nitrogens with one attached hydrogen (secondary N) is 1. The van der Waals surface area contributed by atoms with Crippen LogP contribution in [0.4, 0.5) is 0 Å². The number of rotatable bonds is 6. The van der Waals surface area contributed by atoms with Gasteiger partial charge in [-0.2, -0.15) is 0 Å². The van der Waals surface area contributed by atoms with Crippen LogP contribution in [0.25, 0.3) is 10.2 Å². The van der Waals surface area contributed by atoms with Crippen LogP contribution < -0.4 is 9.60 Å². The third kappa shape index (κ3) is 4.55. The van der Waals surface area contributed by atoms with E-state index in [1.165, 1.54) is 6.07 Å². The molecule has 10 heteroatoms. The number of amides is 1. The Morgan fingerprint density at radius 1 is 1.21 bits per heavy atom.